The molecule has 298 valence electrons. The van der Waals surface area contributed by atoms with E-state index in [0.717, 1.165) is 24.2 Å². The first-order valence-electron chi connectivity index (χ1n) is 22.0. The Balaban J connectivity index is 0.916. The molecule has 0 saturated heterocycles. The molecule has 0 bridgehead atoms. The van der Waals surface area contributed by atoms with Gasteiger partial charge in [-0.3, -0.25) is 0 Å². The highest BCUT2D eigenvalue weighted by Crippen LogP contribution is 2.47. The molecular weight excluding hydrogens is 753 g/mol. The maximum absolute atomic E-state index is 4.00. The lowest BCUT2D eigenvalue weighted by Gasteiger charge is -2.40. The Labute approximate surface area is 363 Å². The van der Waals surface area contributed by atoms with E-state index >= 15 is 0 Å². The number of nitrogens with one attached hydrogen (secondary N) is 4. The van der Waals surface area contributed by atoms with Crippen molar-refractivity contribution in [3.63, 3.8) is 0 Å². The van der Waals surface area contributed by atoms with Crippen LogP contribution in [0.25, 0.3) is 71.7 Å². The van der Waals surface area contributed by atoms with Crippen LogP contribution in [-0.4, -0.2) is 6.54 Å². The minimum absolute atomic E-state index is 0.0988. The van der Waals surface area contributed by atoms with Crippen molar-refractivity contribution in [1.82, 2.24) is 10.6 Å². The summed E-state index contributed by atoms with van der Waals surface area (Å²) >= 11 is 0. The summed E-state index contributed by atoms with van der Waals surface area (Å²) in [5.74, 6) is 0. The second-order valence-electron chi connectivity index (χ2n) is 17.0. The van der Waals surface area contributed by atoms with Crippen molar-refractivity contribution in [3.8, 4) is 44.5 Å². The third kappa shape index (κ3) is 6.13. The monoisotopic (exact) mass is 798 g/mol. The summed E-state index contributed by atoms with van der Waals surface area (Å²) in [4.78, 5) is 0. The summed E-state index contributed by atoms with van der Waals surface area (Å²) in [5.41, 5.74) is 19.7. The van der Waals surface area contributed by atoms with E-state index in [0.29, 0.717) is 0 Å². The van der Waals surface area contributed by atoms with Crippen LogP contribution in [0.5, 0.6) is 0 Å². The van der Waals surface area contributed by atoms with Gasteiger partial charge >= 0.3 is 0 Å². The molecule has 0 saturated carbocycles. The van der Waals surface area contributed by atoms with E-state index in [1.165, 1.54) is 99.7 Å². The normalized spacial score (nSPS) is 17.2. The second kappa shape index (κ2) is 14.9. The van der Waals surface area contributed by atoms with Gasteiger partial charge in [0, 0.05) is 23.5 Å². The van der Waals surface area contributed by atoms with E-state index in [1.54, 1.807) is 0 Å². The average molecular weight is 799 g/mol. The fourth-order valence-corrected chi connectivity index (χ4v) is 10.3. The number of fused-ring (bicyclic) bond motifs is 12. The zero-order valence-electron chi connectivity index (χ0n) is 34.6. The highest BCUT2D eigenvalue weighted by Gasteiger charge is 2.35. The molecular formula is C58H46N4. The molecule has 3 unspecified atom stereocenters. The smallest absolute Gasteiger partial charge is 0.0764 e. The summed E-state index contributed by atoms with van der Waals surface area (Å²) < 4.78 is 0. The first-order valence-corrected chi connectivity index (χ1v) is 22.0. The van der Waals surface area contributed by atoms with Crippen molar-refractivity contribution in [1.29, 1.82) is 0 Å². The lowest BCUT2D eigenvalue weighted by atomic mass is 9.78. The molecule has 0 aromatic heterocycles. The predicted octanol–water partition coefficient (Wildman–Crippen LogP) is 14.1. The van der Waals surface area contributed by atoms with Crippen molar-refractivity contribution in [3.05, 3.63) is 222 Å². The van der Waals surface area contributed by atoms with Crippen LogP contribution in [0.15, 0.2) is 194 Å². The van der Waals surface area contributed by atoms with Crippen LogP contribution >= 0.6 is 0 Å². The van der Waals surface area contributed by atoms with Gasteiger partial charge in [0.15, 0.2) is 0 Å². The van der Waals surface area contributed by atoms with Crippen molar-refractivity contribution < 1.29 is 0 Å². The first-order chi connectivity index (χ1) is 30.7. The molecule has 4 nitrogen and oxygen atoms in total. The molecule has 2 heterocycles. The van der Waals surface area contributed by atoms with Gasteiger partial charge in [0.1, 0.15) is 0 Å². The van der Waals surface area contributed by atoms with Crippen molar-refractivity contribution >= 4 is 38.6 Å². The van der Waals surface area contributed by atoms with Gasteiger partial charge in [-0.1, -0.05) is 165 Å². The van der Waals surface area contributed by atoms with Crippen LogP contribution in [0.4, 0.5) is 11.4 Å². The van der Waals surface area contributed by atoms with Gasteiger partial charge in [0.25, 0.3) is 0 Å². The van der Waals surface area contributed by atoms with E-state index in [-0.39, 0.29) is 18.1 Å². The van der Waals surface area contributed by atoms with Gasteiger partial charge in [-0.25, -0.2) is 0 Å². The molecule has 4 N–H and O–H groups in total. The Morgan fingerprint density at radius 3 is 1.66 bits per heavy atom. The van der Waals surface area contributed by atoms with Crippen LogP contribution in [0.2, 0.25) is 0 Å². The zero-order chi connectivity index (χ0) is 41.1. The van der Waals surface area contributed by atoms with Gasteiger partial charge in [-0.05, 0) is 120 Å². The number of aryl methyl sites for hydroxylation is 1. The topological polar surface area (TPSA) is 48.1 Å². The molecule has 3 aliphatic rings. The molecule has 9 aromatic rings. The van der Waals surface area contributed by atoms with Crippen molar-refractivity contribution in [2.24, 2.45) is 0 Å². The molecule has 12 rings (SSSR count). The summed E-state index contributed by atoms with van der Waals surface area (Å²) in [7, 11) is 0. The first kappa shape index (κ1) is 36.3. The minimum Gasteiger partial charge on any atom is -0.380 e. The lowest BCUT2D eigenvalue weighted by molar-refractivity contribution is 0.440. The quantitative estimate of drug-likeness (QED) is 0.127. The predicted molar refractivity (Wildman–Crippen MR) is 260 cm³/mol. The lowest BCUT2D eigenvalue weighted by Crippen LogP contribution is -2.39. The van der Waals surface area contributed by atoms with E-state index in [1.807, 2.05) is 0 Å². The molecule has 0 fully saturated rings. The second-order valence-corrected chi connectivity index (χ2v) is 17.0. The maximum atomic E-state index is 4.00. The third-order valence-electron chi connectivity index (χ3n) is 13.4. The van der Waals surface area contributed by atoms with Crippen LogP contribution in [0.3, 0.4) is 0 Å². The molecule has 0 spiro atoms. The van der Waals surface area contributed by atoms with Gasteiger partial charge in [0.2, 0.25) is 0 Å². The molecule has 1 aliphatic carbocycles. The van der Waals surface area contributed by atoms with E-state index in [4.69, 9.17) is 0 Å². The van der Waals surface area contributed by atoms with Crippen LogP contribution in [-0.2, 0) is 6.42 Å². The Hall–Kier alpha value is -7.56. The Kier molecular flexibility index (Phi) is 8.70. The molecule has 9 aromatic carbocycles. The molecule has 4 heteroatoms. The van der Waals surface area contributed by atoms with Crippen molar-refractivity contribution in [2.75, 3.05) is 17.2 Å². The maximum Gasteiger partial charge on any atom is 0.0764 e. The van der Waals surface area contributed by atoms with Gasteiger partial charge < -0.3 is 21.3 Å². The van der Waals surface area contributed by atoms with E-state index in [2.05, 4.69) is 222 Å². The van der Waals surface area contributed by atoms with E-state index < -0.39 is 0 Å². The Bertz CT molecular complexity index is 3250. The highest BCUT2D eigenvalue weighted by atomic mass is 15.1. The average Bonchev–Trinajstić information content (AvgIpc) is 3.36. The standard InChI is InChI=1S/C58H46N4/c1-2-36-14-11-15-37(28-36)42-31-43(38-16-12-18-40(29-38)53-34-59-55-49-24-7-3-20-45(49)47-22-5-9-26-51(47)57(55)61-53)33-44(32-42)39-17-13-19-41(30-39)54-35-60-56-50-25-8-4-21-46(50)48-23-6-10-27-52(48)58(56)62-54/h3-34,54-55,57,59-62H,2,35H2,1H3. The molecule has 3 atom stereocenters. The molecule has 0 radical (unpaired) electrons. The summed E-state index contributed by atoms with van der Waals surface area (Å²) in [6.07, 6.45) is 3.17. The largest absolute Gasteiger partial charge is 0.380 e. The number of rotatable bonds is 6. The fourth-order valence-electron chi connectivity index (χ4n) is 10.3. The van der Waals surface area contributed by atoms with Crippen LogP contribution < -0.4 is 21.3 Å². The van der Waals surface area contributed by atoms with Crippen molar-refractivity contribution in [2.45, 2.75) is 31.5 Å². The SMILES string of the molecule is CCc1cccc(-c2cc(-c3cccc(C4=CNC5c6ccccc6-c6ccccc6C5N4)c3)cc(-c3cccc(C4CNc5c(c6ccccc6c6ccccc56)N4)c3)c2)c1. The Morgan fingerprint density at radius 1 is 0.435 bits per heavy atom. The highest BCUT2D eigenvalue weighted by molar-refractivity contribution is 6.20. The summed E-state index contributed by atoms with van der Waals surface area (Å²) in [6, 6.07) is 69.8. The number of hydrogen-bond acceptors (Lipinski definition) is 4. The van der Waals surface area contributed by atoms with E-state index in [9.17, 15) is 0 Å². The van der Waals surface area contributed by atoms with Gasteiger partial charge in [-0.15, -0.1) is 0 Å². The minimum atomic E-state index is 0.0988. The Morgan fingerprint density at radius 2 is 0.968 bits per heavy atom. The summed E-state index contributed by atoms with van der Waals surface area (Å²) in [6.45, 7) is 3.02. The zero-order valence-corrected chi connectivity index (χ0v) is 34.6. The van der Waals surface area contributed by atoms with Crippen LogP contribution in [0, 0.1) is 0 Å². The molecule has 0 amide bonds. The molecule has 2 aliphatic heterocycles. The third-order valence-corrected chi connectivity index (χ3v) is 13.4. The fraction of sp³-hybridized carbons (Fsp3) is 0.103. The van der Waals surface area contributed by atoms with Crippen LogP contribution in [0.1, 0.15) is 52.9 Å². The van der Waals surface area contributed by atoms with Gasteiger partial charge in [-0.2, -0.15) is 0 Å². The summed E-state index contributed by atoms with van der Waals surface area (Å²) in [5, 5.41) is 20.7. The number of anilines is 2. The van der Waals surface area contributed by atoms with Gasteiger partial charge in [0.05, 0.1) is 35.2 Å². The number of hydrogen-bond donors (Lipinski definition) is 4. The number of benzene rings is 9. The molecule has 62 heavy (non-hydrogen) atoms.